The molecule has 3 rings (SSSR count). The van der Waals surface area contributed by atoms with E-state index in [0.29, 0.717) is 17.9 Å². The molecule has 7 heteroatoms. The van der Waals surface area contributed by atoms with Crippen LogP contribution < -0.4 is 21.3 Å². The molecule has 3 amide bonds. The van der Waals surface area contributed by atoms with Gasteiger partial charge in [0.2, 0.25) is 5.91 Å². The molecule has 0 aromatic heterocycles. The lowest BCUT2D eigenvalue weighted by Crippen LogP contribution is -2.29. The molecule has 0 atom stereocenters. The van der Waals surface area contributed by atoms with Gasteiger partial charge in [-0.05, 0) is 61.7 Å². The van der Waals surface area contributed by atoms with Gasteiger partial charge in [0.05, 0.1) is 6.54 Å². The Morgan fingerprint density at radius 2 is 1.35 bits per heavy atom. The molecule has 1 aliphatic carbocycles. The van der Waals surface area contributed by atoms with Crippen LogP contribution in [0.4, 0.5) is 21.9 Å². The van der Waals surface area contributed by atoms with E-state index < -0.39 is 0 Å². The lowest BCUT2D eigenvalue weighted by molar-refractivity contribution is -0.115. The molecule has 1 saturated carbocycles. The first-order valence-corrected chi connectivity index (χ1v) is 8.43. The van der Waals surface area contributed by atoms with Gasteiger partial charge in [0.15, 0.2) is 0 Å². The second-order valence-electron chi connectivity index (χ2n) is 6.14. The third-order valence-electron chi connectivity index (χ3n) is 3.87. The molecule has 2 aromatic carbocycles. The number of carbonyl (C=O) groups is 2. The van der Waals surface area contributed by atoms with Gasteiger partial charge in [-0.2, -0.15) is 0 Å². The number of urea groups is 1. The van der Waals surface area contributed by atoms with Crippen LogP contribution in [0, 0.1) is 5.92 Å². The lowest BCUT2D eigenvalue weighted by atomic mass is 10.2. The fourth-order valence-electron chi connectivity index (χ4n) is 2.37. The minimum absolute atomic E-state index is 0. The Morgan fingerprint density at radius 1 is 0.808 bits per heavy atom. The zero-order chi connectivity index (χ0) is 17.5. The number of benzene rings is 2. The molecule has 0 bridgehead atoms. The molecule has 0 heterocycles. The number of hydrogen-bond acceptors (Lipinski definition) is 3. The van der Waals surface area contributed by atoms with Gasteiger partial charge in [0, 0.05) is 17.1 Å². The summed E-state index contributed by atoms with van der Waals surface area (Å²) in [6.45, 7) is 1.22. The van der Waals surface area contributed by atoms with Gasteiger partial charge < -0.3 is 21.3 Å². The van der Waals surface area contributed by atoms with E-state index in [-0.39, 0.29) is 24.3 Å². The molecule has 0 spiro atoms. The molecule has 26 heavy (non-hydrogen) atoms. The summed E-state index contributed by atoms with van der Waals surface area (Å²) in [6.07, 6.45) is 2.53. The van der Waals surface area contributed by atoms with E-state index in [1.165, 1.54) is 12.8 Å². The summed E-state index contributed by atoms with van der Waals surface area (Å²) in [5.41, 5.74) is 2.08. The summed E-state index contributed by atoms with van der Waals surface area (Å²) >= 11 is 0. The predicted molar refractivity (Wildman–Crippen MR) is 107 cm³/mol. The summed E-state index contributed by atoms with van der Waals surface area (Å²) in [5.74, 6) is 0.684. The van der Waals surface area contributed by atoms with Crippen LogP contribution in [-0.4, -0.2) is 25.0 Å². The highest BCUT2D eigenvalue weighted by Gasteiger charge is 2.20. The first kappa shape index (κ1) is 19.8. The van der Waals surface area contributed by atoms with E-state index in [0.717, 1.165) is 18.2 Å². The third-order valence-corrected chi connectivity index (χ3v) is 3.87. The van der Waals surface area contributed by atoms with E-state index in [4.69, 9.17) is 0 Å². The van der Waals surface area contributed by atoms with Crippen molar-refractivity contribution >= 4 is 41.4 Å². The molecule has 0 radical (unpaired) electrons. The Hall–Kier alpha value is -2.57. The fraction of sp³-hybridized carbons (Fsp3) is 0.263. The number of hydrogen-bond donors (Lipinski definition) is 4. The number of halogens is 1. The molecule has 0 unspecified atom stereocenters. The van der Waals surface area contributed by atoms with Crippen LogP contribution in [0.15, 0.2) is 54.6 Å². The first-order chi connectivity index (χ1) is 12.2. The third kappa shape index (κ3) is 6.74. The van der Waals surface area contributed by atoms with Crippen molar-refractivity contribution < 1.29 is 9.59 Å². The van der Waals surface area contributed by atoms with Crippen molar-refractivity contribution in [3.8, 4) is 0 Å². The van der Waals surface area contributed by atoms with Gasteiger partial charge in [0.1, 0.15) is 0 Å². The average Bonchev–Trinajstić information content (AvgIpc) is 3.42. The standard InChI is InChI=1S/C19H22N4O2.ClH/c24-18(13-20-12-14-6-7-14)21-16-8-10-17(11-9-16)23-19(25)22-15-4-2-1-3-5-15;/h1-5,8-11,14,20H,6-7,12-13H2,(H,21,24)(H2,22,23,25);1H. The fourth-order valence-corrected chi connectivity index (χ4v) is 2.37. The zero-order valence-electron chi connectivity index (χ0n) is 14.3. The highest BCUT2D eigenvalue weighted by atomic mass is 35.5. The molecule has 2 aromatic rings. The van der Waals surface area contributed by atoms with Crippen LogP contribution in [-0.2, 0) is 4.79 Å². The van der Waals surface area contributed by atoms with Crippen molar-refractivity contribution in [3.63, 3.8) is 0 Å². The summed E-state index contributed by atoms with van der Waals surface area (Å²) in [5, 5.41) is 11.5. The highest BCUT2D eigenvalue weighted by Crippen LogP contribution is 2.27. The van der Waals surface area contributed by atoms with E-state index >= 15 is 0 Å². The topological polar surface area (TPSA) is 82.3 Å². The van der Waals surface area contributed by atoms with Gasteiger partial charge in [-0.1, -0.05) is 18.2 Å². The summed E-state index contributed by atoms with van der Waals surface area (Å²) in [6, 6.07) is 15.9. The highest BCUT2D eigenvalue weighted by molar-refractivity contribution is 6.00. The van der Waals surface area contributed by atoms with Crippen molar-refractivity contribution in [1.29, 1.82) is 0 Å². The van der Waals surface area contributed by atoms with Crippen molar-refractivity contribution in [2.24, 2.45) is 5.92 Å². The molecule has 1 fully saturated rings. The minimum atomic E-state index is -0.313. The smallest absolute Gasteiger partial charge is 0.323 e. The van der Waals surface area contributed by atoms with Crippen molar-refractivity contribution in [2.75, 3.05) is 29.0 Å². The van der Waals surface area contributed by atoms with Gasteiger partial charge in [-0.25, -0.2) is 4.79 Å². The van der Waals surface area contributed by atoms with E-state index in [2.05, 4.69) is 21.3 Å². The van der Waals surface area contributed by atoms with Crippen molar-refractivity contribution in [2.45, 2.75) is 12.8 Å². The van der Waals surface area contributed by atoms with E-state index in [9.17, 15) is 9.59 Å². The first-order valence-electron chi connectivity index (χ1n) is 8.43. The molecule has 4 N–H and O–H groups in total. The van der Waals surface area contributed by atoms with Crippen LogP contribution in [0.1, 0.15) is 12.8 Å². The molecule has 0 saturated heterocycles. The molecule has 1 aliphatic rings. The normalized spacial score (nSPS) is 12.6. The average molecular weight is 375 g/mol. The van der Waals surface area contributed by atoms with Crippen LogP contribution in [0.3, 0.4) is 0 Å². The Balaban J connectivity index is 0.00000243. The number of amides is 3. The number of para-hydroxylation sites is 1. The van der Waals surface area contributed by atoms with Crippen LogP contribution in [0.2, 0.25) is 0 Å². The maximum Gasteiger partial charge on any atom is 0.323 e. The summed E-state index contributed by atoms with van der Waals surface area (Å²) < 4.78 is 0. The quantitative estimate of drug-likeness (QED) is 0.596. The van der Waals surface area contributed by atoms with Crippen LogP contribution >= 0.6 is 12.4 Å². The van der Waals surface area contributed by atoms with Gasteiger partial charge in [0.25, 0.3) is 0 Å². The molecule has 138 valence electrons. The van der Waals surface area contributed by atoms with Crippen molar-refractivity contribution in [1.82, 2.24) is 5.32 Å². The number of nitrogens with one attached hydrogen (secondary N) is 4. The minimum Gasteiger partial charge on any atom is -0.325 e. The summed E-state index contributed by atoms with van der Waals surface area (Å²) in [4.78, 5) is 23.7. The Labute approximate surface area is 159 Å². The Bertz CT molecular complexity index is 718. The molecule has 0 aliphatic heterocycles. The maximum atomic E-state index is 11.9. The monoisotopic (exact) mass is 374 g/mol. The lowest BCUT2D eigenvalue weighted by Gasteiger charge is -2.09. The SMILES string of the molecule is Cl.O=C(CNCC1CC1)Nc1ccc(NC(=O)Nc2ccccc2)cc1. The van der Waals surface area contributed by atoms with Crippen LogP contribution in [0.5, 0.6) is 0 Å². The largest absolute Gasteiger partial charge is 0.325 e. The van der Waals surface area contributed by atoms with Gasteiger partial charge in [-0.15, -0.1) is 12.4 Å². The van der Waals surface area contributed by atoms with Crippen LogP contribution in [0.25, 0.3) is 0 Å². The van der Waals surface area contributed by atoms with Gasteiger partial charge >= 0.3 is 6.03 Å². The number of carbonyl (C=O) groups excluding carboxylic acids is 2. The zero-order valence-corrected chi connectivity index (χ0v) is 15.1. The predicted octanol–water partition coefficient (Wildman–Crippen LogP) is 3.69. The molecular weight excluding hydrogens is 352 g/mol. The number of rotatable bonds is 7. The Kier molecular flexibility index (Phi) is 7.44. The van der Waals surface area contributed by atoms with Crippen molar-refractivity contribution in [3.05, 3.63) is 54.6 Å². The van der Waals surface area contributed by atoms with E-state index in [1.807, 2.05) is 30.3 Å². The molecule has 6 nitrogen and oxygen atoms in total. The number of anilines is 3. The summed E-state index contributed by atoms with van der Waals surface area (Å²) in [7, 11) is 0. The van der Waals surface area contributed by atoms with Gasteiger partial charge in [-0.3, -0.25) is 4.79 Å². The second-order valence-corrected chi connectivity index (χ2v) is 6.14. The Morgan fingerprint density at radius 3 is 1.92 bits per heavy atom. The second kappa shape index (κ2) is 9.79. The maximum absolute atomic E-state index is 11.9. The van der Waals surface area contributed by atoms with E-state index in [1.54, 1.807) is 24.3 Å². The molecular formula is C19H23ClN4O2.